The van der Waals surface area contributed by atoms with Crippen LogP contribution in [0.5, 0.6) is 5.75 Å². The fourth-order valence-electron chi connectivity index (χ4n) is 2.63. The van der Waals surface area contributed by atoms with Gasteiger partial charge in [-0.3, -0.25) is 0 Å². The number of carbonyl (C=O) groups is 1. The summed E-state index contributed by atoms with van der Waals surface area (Å²) in [6.07, 6.45) is 3.18. The Morgan fingerprint density at radius 1 is 1.09 bits per heavy atom. The molecule has 1 aliphatic rings. The molecule has 2 atom stereocenters. The summed E-state index contributed by atoms with van der Waals surface area (Å²) in [6, 6.07) is 16.4. The van der Waals surface area contributed by atoms with Gasteiger partial charge in [-0.2, -0.15) is 0 Å². The van der Waals surface area contributed by atoms with E-state index in [4.69, 9.17) is 4.74 Å². The van der Waals surface area contributed by atoms with Crippen LogP contribution >= 0.6 is 0 Å². The quantitative estimate of drug-likeness (QED) is 0.670. The number of hydrogen-bond acceptors (Lipinski definition) is 4. The molecule has 0 saturated heterocycles. The first-order chi connectivity index (χ1) is 10.6. The molecule has 0 fully saturated rings. The normalized spacial score (nSPS) is 21.4. The van der Waals surface area contributed by atoms with Gasteiger partial charge in [0.05, 0.1) is 11.7 Å². The molecule has 2 aromatic carbocycles. The number of ether oxygens (including phenoxy) is 1. The van der Waals surface area contributed by atoms with E-state index in [2.05, 4.69) is 5.32 Å². The van der Waals surface area contributed by atoms with E-state index in [0.717, 1.165) is 5.56 Å². The molecule has 1 aliphatic heterocycles. The van der Waals surface area contributed by atoms with Gasteiger partial charge in [0.25, 0.3) is 0 Å². The number of phenolic OH excluding ortho intramolecular Hbond substituents is 1. The molecule has 0 aromatic heterocycles. The van der Waals surface area contributed by atoms with Crippen LogP contribution in [0.4, 0.5) is 5.69 Å². The third-order valence-electron chi connectivity index (χ3n) is 3.78. The molecule has 2 aromatic rings. The van der Waals surface area contributed by atoms with Crippen LogP contribution in [-0.4, -0.2) is 16.7 Å². The highest BCUT2D eigenvalue weighted by atomic mass is 16.6. The van der Waals surface area contributed by atoms with Crippen molar-refractivity contribution in [1.82, 2.24) is 0 Å². The maximum absolute atomic E-state index is 11.5. The highest BCUT2D eigenvalue weighted by Crippen LogP contribution is 2.38. The van der Waals surface area contributed by atoms with Gasteiger partial charge < -0.3 is 15.2 Å². The second-order valence-electron chi connectivity index (χ2n) is 5.44. The number of rotatable bonds is 4. The molecule has 112 valence electrons. The number of phenols is 1. The average Bonchev–Trinajstić information content (AvgIpc) is 2.87. The first-order valence-electron chi connectivity index (χ1n) is 7.10. The summed E-state index contributed by atoms with van der Waals surface area (Å²) in [5.74, 6) is -0.206. The molecule has 4 heteroatoms. The minimum absolute atomic E-state index is 0.153. The van der Waals surface area contributed by atoms with E-state index in [-0.39, 0.29) is 17.8 Å². The van der Waals surface area contributed by atoms with Crippen molar-refractivity contribution in [3.63, 3.8) is 0 Å². The van der Waals surface area contributed by atoms with E-state index in [1.807, 2.05) is 43.3 Å². The Kier molecular flexibility index (Phi) is 3.59. The smallest absolute Gasteiger partial charge is 0.331 e. The lowest BCUT2D eigenvalue weighted by atomic mass is 9.90. The minimum atomic E-state index is -0.819. The Hall–Kier alpha value is -2.75. The van der Waals surface area contributed by atoms with Crippen LogP contribution < -0.4 is 5.32 Å². The number of para-hydroxylation sites is 2. The van der Waals surface area contributed by atoms with Gasteiger partial charge in [-0.25, -0.2) is 4.79 Å². The van der Waals surface area contributed by atoms with Gasteiger partial charge in [0.2, 0.25) is 0 Å². The predicted octanol–water partition coefficient (Wildman–Crippen LogP) is 3.42. The molecule has 1 heterocycles. The molecule has 2 N–H and O–H groups in total. The molecule has 0 unspecified atom stereocenters. The second kappa shape index (κ2) is 5.56. The highest BCUT2D eigenvalue weighted by molar-refractivity contribution is 5.85. The van der Waals surface area contributed by atoms with Crippen molar-refractivity contribution in [3.8, 4) is 5.75 Å². The third kappa shape index (κ3) is 2.68. The molecule has 0 bridgehead atoms. The van der Waals surface area contributed by atoms with Crippen molar-refractivity contribution >= 4 is 11.7 Å². The van der Waals surface area contributed by atoms with E-state index in [1.54, 1.807) is 24.3 Å². The number of benzene rings is 2. The minimum Gasteiger partial charge on any atom is -0.506 e. The summed E-state index contributed by atoms with van der Waals surface area (Å²) >= 11 is 0. The molecule has 22 heavy (non-hydrogen) atoms. The van der Waals surface area contributed by atoms with Crippen LogP contribution in [0.2, 0.25) is 0 Å². The molecule has 0 radical (unpaired) electrons. The summed E-state index contributed by atoms with van der Waals surface area (Å²) in [5.41, 5.74) is 0.738. The van der Waals surface area contributed by atoms with E-state index in [9.17, 15) is 9.90 Å². The zero-order valence-corrected chi connectivity index (χ0v) is 12.2. The van der Waals surface area contributed by atoms with E-state index >= 15 is 0 Å². The fraction of sp³-hybridized carbons (Fsp3) is 0.167. The summed E-state index contributed by atoms with van der Waals surface area (Å²) < 4.78 is 5.48. The molecule has 4 nitrogen and oxygen atoms in total. The zero-order chi connectivity index (χ0) is 15.6. The van der Waals surface area contributed by atoms with Crippen LogP contribution in [0.25, 0.3) is 0 Å². The Morgan fingerprint density at radius 3 is 2.41 bits per heavy atom. The lowest BCUT2D eigenvalue weighted by molar-refractivity contribution is -0.145. The van der Waals surface area contributed by atoms with Gasteiger partial charge in [0, 0.05) is 6.08 Å². The Morgan fingerprint density at radius 2 is 1.77 bits per heavy atom. The van der Waals surface area contributed by atoms with Gasteiger partial charge >= 0.3 is 5.97 Å². The van der Waals surface area contributed by atoms with Crippen molar-refractivity contribution in [3.05, 3.63) is 72.3 Å². The standard InChI is InChI=1S/C18H17NO3/c1-18(12-11-16(21)22-18)17(13-7-3-2-4-8-13)19-14-9-5-6-10-15(14)20/h2-12,17,19-20H,1H3/t17-,18-/m0/s1. The molecule has 3 rings (SSSR count). The SMILES string of the molecule is C[C@@]1([C@@H](Nc2ccccc2O)c2ccccc2)C=CC(=O)O1. The van der Waals surface area contributed by atoms with Crippen LogP contribution in [0.15, 0.2) is 66.7 Å². The number of hydrogen-bond donors (Lipinski definition) is 2. The maximum Gasteiger partial charge on any atom is 0.331 e. The predicted molar refractivity (Wildman–Crippen MR) is 84.5 cm³/mol. The van der Waals surface area contributed by atoms with Crippen LogP contribution in [0.3, 0.4) is 0 Å². The summed E-state index contributed by atoms with van der Waals surface area (Å²) in [5, 5.41) is 13.3. The lowest BCUT2D eigenvalue weighted by Gasteiger charge is -2.33. The number of esters is 1. The summed E-state index contributed by atoms with van der Waals surface area (Å²) in [4.78, 5) is 11.5. The van der Waals surface area contributed by atoms with Gasteiger partial charge in [-0.15, -0.1) is 0 Å². The van der Waals surface area contributed by atoms with E-state index in [1.165, 1.54) is 6.08 Å². The first kappa shape index (κ1) is 14.2. The van der Waals surface area contributed by atoms with E-state index < -0.39 is 5.60 Å². The van der Waals surface area contributed by atoms with Gasteiger partial charge in [0.15, 0.2) is 5.60 Å². The van der Waals surface area contributed by atoms with Gasteiger partial charge in [-0.1, -0.05) is 42.5 Å². The number of nitrogens with one attached hydrogen (secondary N) is 1. The Labute approximate surface area is 129 Å². The van der Waals surface area contributed by atoms with Crippen molar-refractivity contribution in [2.45, 2.75) is 18.6 Å². The van der Waals surface area contributed by atoms with Gasteiger partial charge in [-0.05, 0) is 30.7 Å². The third-order valence-corrected chi connectivity index (χ3v) is 3.78. The lowest BCUT2D eigenvalue weighted by Crippen LogP contribution is -2.37. The Balaban J connectivity index is 1.99. The van der Waals surface area contributed by atoms with Crippen LogP contribution in [-0.2, 0) is 9.53 Å². The van der Waals surface area contributed by atoms with Crippen molar-refractivity contribution < 1.29 is 14.6 Å². The topological polar surface area (TPSA) is 58.6 Å². The fourth-order valence-corrected chi connectivity index (χ4v) is 2.63. The van der Waals surface area contributed by atoms with Gasteiger partial charge in [0.1, 0.15) is 5.75 Å². The number of carbonyl (C=O) groups excluding carboxylic acids is 1. The number of anilines is 1. The van der Waals surface area contributed by atoms with Crippen LogP contribution in [0.1, 0.15) is 18.5 Å². The highest BCUT2D eigenvalue weighted by Gasteiger charge is 2.40. The monoisotopic (exact) mass is 295 g/mol. The Bertz CT molecular complexity index is 711. The molecule has 0 spiro atoms. The summed E-state index contributed by atoms with van der Waals surface area (Å²) in [6.45, 7) is 1.85. The zero-order valence-electron chi connectivity index (χ0n) is 12.2. The molecular formula is C18H17NO3. The second-order valence-corrected chi connectivity index (χ2v) is 5.44. The van der Waals surface area contributed by atoms with Crippen molar-refractivity contribution in [1.29, 1.82) is 0 Å². The molecule has 0 aliphatic carbocycles. The molecule has 0 saturated carbocycles. The largest absolute Gasteiger partial charge is 0.506 e. The maximum atomic E-state index is 11.5. The average molecular weight is 295 g/mol. The molecular weight excluding hydrogens is 278 g/mol. The first-order valence-corrected chi connectivity index (χ1v) is 7.10. The van der Waals surface area contributed by atoms with E-state index in [0.29, 0.717) is 5.69 Å². The number of cyclic esters (lactones) is 1. The molecule has 0 amide bonds. The summed E-state index contributed by atoms with van der Waals surface area (Å²) in [7, 11) is 0. The number of aromatic hydroxyl groups is 1. The van der Waals surface area contributed by atoms with Crippen LogP contribution in [0, 0.1) is 0 Å². The van der Waals surface area contributed by atoms with Crippen molar-refractivity contribution in [2.75, 3.05) is 5.32 Å². The van der Waals surface area contributed by atoms with Crippen molar-refractivity contribution in [2.24, 2.45) is 0 Å².